The number of halogens is 1. The lowest BCUT2D eigenvalue weighted by atomic mass is 10.1. The van der Waals surface area contributed by atoms with Gasteiger partial charge in [0.1, 0.15) is 23.5 Å². The molecule has 0 unspecified atom stereocenters. The van der Waals surface area contributed by atoms with Crippen molar-refractivity contribution in [2.75, 3.05) is 19.0 Å². The van der Waals surface area contributed by atoms with Gasteiger partial charge in [-0.25, -0.2) is 9.18 Å². The molecule has 0 aliphatic heterocycles. The lowest BCUT2D eigenvalue weighted by Gasteiger charge is -2.14. The monoisotopic (exact) mass is 449 g/mol. The first-order valence-corrected chi connectivity index (χ1v) is 10.2. The molecule has 0 atom stereocenters. The number of amides is 1. The fourth-order valence-corrected chi connectivity index (χ4v) is 3.43. The zero-order valence-electron chi connectivity index (χ0n) is 18.9. The molecular formula is C25H24FN3O4. The van der Waals surface area contributed by atoms with Crippen LogP contribution in [0, 0.1) is 37.9 Å². The molecule has 0 fully saturated rings. The lowest BCUT2D eigenvalue weighted by molar-refractivity contribution is -0.119. The van der Waals surface area contributed by atoms with Crippen molar-refractivity contribution in [3.05, 3.63) is 81.8 Å². The van der Waals surface area contributed by atoms with E-state index in [1.807, 2.05) is 13.8 Å². The molecule has 0 aliphatic carbocycles. The van der Waals surface area contributed by atoms with E-state index in [1.54, 1.807) is 41.8 Å². The average Bonchev–Trinajstić information content (AvgIpc) is 3.02. The second-order valence-corrected chi connectivity index (χ2v) is 7.57. The predicted molar refractivity (Wildman–Crippen MR) is 121 cm³/mol. The highest BCUT2D eigenvalue weighted by Gasteiger charge is 2.21. The number of carbonyl (C=O) groups is 2. The maximum atomic E-state index is 13.3. The van der Waals surface area contributed by atoms with Crippen LogP contribution in [0.1, 0.15) is 38.3 Å². The lowest BCUT2D eigenvalue weighted by Crippen LogP contribution is -2.23. The Morgan fingerprint density at radius 1 is 1.12 bits per heavy atom. The highest BCUT2D eigenvalue weighted by atomic mass is 19.1. The summed E-state index contributed by atoms with van der Waals surface area (Å²) in [6, 6.07) is 13.0. The van der Waals surface area contributed by atoms with Crippen LogP contribution < -0.4 is 10.1 Å². The fraction of sp³-hybridized carbons (Fsp3) is 0.240. The van der Waals surface area contributed by atoms with Crippen molar-refractivity contribution >= 4 is 17.7 Å². The van der Waals surface area contributed by atoms with Gasteiger partial charge in [-0.15, -0.1) is 0 Å². The Hall–Kier alpha value is -4.12. The first-order chi connectivity index (χ1) is 15.7. The number of nitrogens with one attached hydrogen (secondary N) is 1. The highest BCUT2D eigenvalue weighted by Crippen LogP contribution is 2.27. The summed E-state index contributed by atoms with van der Waals surface area (Å²) in [5.74, 6) is -0.764. The molecule has 0 radical (unpaired) electrons. The summed E-state index contributed by atoms with van der Waals surface area (Å²) in [5.41, 5.74) is 3.75. The van der Waals surface area contributed by atoms with Crippen LogP contribution >= 0.6 is 0 Å². The first-order valence-electron chi connectivity index (χ1n) is 10.2. The number of hydrogen-bond acceptors (Lipinski definition) is 5. The van der Waals surface area contributed by atoms with Crippen LogP contribution in [-0.4, -0.2) is 30.2 Å². The van der Waals surface area contributed by atoms with Gasteiger partial charge < -0.3 is 19.4 Å². The van der Waals surface area contributed by atoms with E-state index < -0.39 is 18.5 Å². The summed E-state index contributed by atoms with van der Waals surface area (Å²) in [5, 5.41) is 12.3. The van der Waals surface area contributed by atoms with Crippen molar-refractivity contribution in [2.45, 2.75) is 27.3 Å². The van der Waals surface area contributed by atoms with Crippen LogP contribution in [0.2, 0.25) is 0 Å². The van der Waals surface area contributed by atoms with Gasteiger partial charge in [-0.3, -0.25) is 4.79 Å². The maximum absolute atomic E-state index is 13.3. The number of ether oxygens (including phenoxy) is 2. The summed E-state index contributed by atoms with van der Waals surface area (Å²) < 4.78 is 25.4. The van der Waals surface area contributed by atoms with Crippen LogP contribution in [0.15, 0.2) is 42.5 Å². The Labute approximate surface area is 191 Å². The molecule has 7 nitrogen and oxygen atoms in total. The van der Waals surface area contributed by atoms with Crippen LogP contribution in [0.4, 0.5) is 10.2 Å². The van der Waals surface area contributed by atoms with Gasteiger partial charge in [0, 0.05) is 12.2 Å². The standard InChI is InChI=1S/C25H24FN3O4/c1-15-5-8-19(11-22(15)32-4)25(31)33-14-23(30)28-24-21(12-27)16(2)17(3)29(24)13-18-6-9-20(26)10-7-18/h5-11H,13-14H2,1-4H3,(H,28,30). The number of hydrogen-bond donors (Lipinski definition) is 1. The summed E-state index contributed by atoms with van der Waals surface area (Å²) in [7, 11) is 1.50. The van der Waals surface area contributed by atoms with Gasteiger partial charge in [0.05, 0.1) is 18.2 Å². The Kier molecular flexibility index (Phi) is 7.13. The van der Waals surface area contributed by atoms with Gasteiger partial charge in [-0.05, 0) is 61.7 Å². The van der Waals surface area contributed by atoms with Crippen molar-refractivity contribution in [1.29, 1.82) is 5.26 Å². The van der Waals surface area contributed by atoms with E-state index in [9.17, 15) is 19.2 Å². The van der Waals surface area contributed by atoms with Crippen molar-refractivity contribution < 1.29 is 23.5 Å². The maximum Gasteiger partial charge on any atom is 0.338 e. The number of esters is 1. The van der Waals surface area contributed by atoms with E-state index >= 15 is 0 Å². The van der Waals surface area contributed by atoms with Crippen LogP contribution in [0.25, 0.3) is 0 Å². The number of aryl methyl sites for hydroxylation is 1. The molecule has 1 aromatic heterocycles. The molecule has 3 rings (SSSR count). The Bertz CT molecular complexity index is 1240. The third-order valence-electron chi connectivity index (χ3n) is 5.43. The molecule has 33 heavy (non-hydrogen) atoms. The van der Waals surface area contributed by atoms with Gasteiger partial charge in [0.15, 0.2) is 6.61 Å². The quantitative estimate of drug-likeness (QED) is 0.544. The molecule has 0 spiro atoms. The molecule has 2 aromatic carbocycles. The van der Waals surface area contributed by atoms with Crippen molar-refractivity contribution in [1.82, 2.24) is 4.57 Å². The smallest absolute Gasteiger partial charge is 0.338 e. The third kappa shape index (κ3) is 5.21. The number of nitrogens with zero attached hydrogens (tertiary/aromatic N) is 2. The molecule has 0 saturated heterocycles. The molecule has 8 heteroatoms. The first kappa shape index (κ1) is 23.5. The number of anilines is 1. The molecule has 1 amide bonds. The van der Waals surface area contributed by atoms with Crippen LogP contribution in [0.5, 0.6) is 5.75 Å². The number of methoxy groups -OCH3 is 1. The zero-order valence-corrected chi connectivity index (χ0v) is 18.9. The minimum absolute atomic E-state index is 0.259. The fourth-order valence-electron chi connectivity index (χ4n) is 3.43. The van der Waals surface area contributed by atoms with Crippen LogP contribution in [-0.2, 0) is 16.1 Å². The van der Waals surface area contributed by atoms with Gasteiger partial charge in [-0.1, -0.05) is 18.2 Å². The van der Waals surface area contributed by atoms with Crippen molar-refractivity contribution in [3.8, 4) is 11.8 Å². The van der Waals surface area contributed by atoms with Gasteiger partial charge in [-0.2, -0.15) is 5.26 Å². The van der Waals surface area contributed by atoms with E-state index in [2.05, 4.69) is 11.4 Å². The largest absolute Gasteiger partial charge is 0.496 e. The third-order valence-corrected chi connectivity index (χ3v) is 5.43. The van der Waals surface area contributed by atoms with Crippen molar-refractivity contribution in [3.63, 3.8) is 0 Å². The van der Waals surface area contributed by atoms with E-state index in [4.69, 9.17) is 9.47 Å². The Balaban J connectivity index is 1.76. The van der Waals surface area contributed by atoms with E-state index in [-0.39, 0.29) is 11.4 Å². The van der Waals surface area contributed by atoms with E-state index in [0.717, 1.165) is 22.4 Å². The Morgan fingerprint density at radius 3 is 2.45 bits per heavy atom. The normalized spacial score (nSPS) is 10.4. The van der Waals surface area contributed by atoms with Crippen LogP contribution in [0.3, 0.4) is 0 Å². The van der Waals surface area contributed by atoms with E-state index in [0.29, 0.717) is 23.7 Å². The molecule has 0 aliphatic rings. The zero-order chi connectivity index (χ0) is 24.1. The summed E-state index contributed by atoms with van der Waals surface area (Å²) in [6.45, 7) is 5.27. The summed E-state index contributed by atoms with van der Waals surface area (Å²) >= 11 is 0. The second kappa shape index (κ2) is 10.0. The number of rotatable bonds is 7. The molecule has 0 saturated carbocycles. The number of aromatic nitrogens is 1. The van der Waals surface area contributed by atoms with Gasteiger partial charge in [0.2, 0.25) is 0 Å². The summed E-state index contributed by atoms with van der Waals surface area (Å²) in [4.78, 5) is 24.9. The molecular weight excluding hydrogens is 425 g/mol. The molecule has 170 valence electrons. The summed E-state index contributed by atoms with van der Waals surface area (Å²) in [6.07, 6.45) is 0. The highest BCUT2D eigenvalue weighted by molar-refractivity contribution is 5.96. The molecule has 0 bridgehead atoms. The molecule has 3 aromatic rings. The van der Waals surface area contributed by atoms with Gasteiger partial charge >= 0.3 is 5.97 Å². The topological polar surface area (TPSA) is 93.3 Å². The van der Waals surface area contributed by atoms with Crippen molar-refractivity contribution in [2.24, 2.45) is 0 Å². The molecule has 1 heterocycles. The predicted octanol–water partition coefficient (Wildman–Crippen LogP) is 4.28. The Morgan fingerprint density at radius 2 is 1.82 bits per heavy atom. The number of benzene rings is 2. The average molecular weight is 449 g/mol. The minimum Gasteiger partial charge on any atom is -0.496 e. The molecule has 1 N–H and O–H groups in total. The SMILES string of the molecule is COc1cc(C(=O)OCC(=O)Nc2c(C#N)c(C)c(C)n2Cc2ccc(F)cc2)ccc1C. The van der Waals surface area contributed by atoms with Gasteiger partial charge in [0.25, 0.3) is 5.91 Å². The number of carbonyl (C=O) groups excluding carboxylic acids is 2. The minimum atomic E-state index is -0.669. The van der Waals surface area contributed by atoms with E-state index in [1.165, 1.54) is 19.2 Å². The second-order valence-electron chi connectivity index (χ2n) is 7.57. The number of nitriles is 1.